The number of sulfonamides is 1. The molecule has 0 amide bonds. The van der Waals surface area contributed by atoms with Gasteiger partial charge in [-0.1, -0.05) is 6.07 Å². The number of terminal acetylenes is 1. The third-order valence-electron chi connectivity index (χ3n) is 2.58. The fourth-order valence-electron chi connectivity index (χ4n) is 1.64. The van der Waals surface area contributed by atoms with Crippen LogP contribution in [0.5, 0.6) is 0 Å². The molecule has 120 valence electrons. The summed E-state index contributed by atoms with van der Waals surface area (Å²) in [5.41, 5.74) is -1.12. The Morgan fingerprint density at radius 2 is 2.05 bits per heavy atom. The molecular formula is C13H12F3NO4S. The lowest BCUT2D eigenvalue weighted by Gasteiger charge is -2.15. The van der Waals surface area contributed by atoms with Crippen LogP contribution in [0.15, 0.2) is 29.2 Å². The zero-order valence-electron chi connectivity index (χ0n) is 11.1. The van der Waals surface area contributed by atoms with E-state index >= 15 is 0 Å². The minimum Gasteiger partial charge on any atom is -0.481 e. The molecule has 2 N–H and O–H groups in total. The molecule has 0 aliphatic carbocycles. The average molecular weight is 335 g/mol. The van der Waals surface area contributed by atoms with Gasteiger partial charge < -0.3 is 5.11 Å². The number of halogens is 3. The molecule has 0 fully saturated rings. The van der Waals surface area contributed by atoms with Gasteiger partial charge in [-0.2, -0.15) is 13.2 Å². The van der Waals surface area contributed by atoms with Gasteiger partial charge >= 0.3 is 12.1 Å². The van der Waals surface area contributed by atoms with Gasteiger partial charge in [0.25, 0.3) is 0 Å². The van der Waals surface area contributed by atoms with E-state index in [2.05, 4.69) is 5.92 Å². The van der Waals surface area contributed by atoms with Crippen LogP contribution >= 0.6 is 0 Å². The van der Waals surface area contributed by atoms with Crippen LogP contribution in [0.4, 0.5) is 13.2 Å². The molecule has 0 aromatic heterocycles. The molecule has 1 rings (SSSR count). The molecule has 0 heterocycles. The number of aliphatic carboxylic acids is 1. The van der Waals surface area contributed by atoms with Crippen LogP contribution in [0.2, 0.25) is 0 Å². The summed E-state index contributed by atoms with van der Waals surface area (Å²) in [5, 5.41) is 8.68. The summed E-state index contributed by atoms with van der Waals surface area (Å²) in [6.45, 7) is 0. The molecule has 9 heteroatoms. The molecule has 0 saturated carbocycles. The first kappa shape index (κ1) is 18.0. The first-order valence-corrected chi connectivity index (χ1v) is 7.39. The van der Waals surface area contributed by atoms with E-state index in [1.807, 2.05) is 4.72 Å². The summed E-state index contributed by atoms with van der Waals surface area (Å²) in [7, 11) is -4.32. The summed E-state index contributed by atoms with van der Waals surface area (Å²) in [6.07, 6.45) is -0.457. The number of nitrogens with one attached hydrogen (secondary N) is 1. The lowest BCUT2D eigenvalue weighted by Crippen LogP contribution is -2.36. The van der Waals surface area contributed by atoms with E-state index in [4.69, 9.17) is 11.5 Å². The Labute approximate surface area is 125 Å². The van der Waals surface area contributed by atoms with Gasteiger partial charge in [0.2, 0.25) is 10.0 Å². The Bertz CT molecular complexity index is 692. The predicted molar refractivity (Wildman–Crippen MR) is 71.3 cm³/mol. The van der Waals surface area contributed by atoms with E-state index in [-0.39, 0.29) is 6.42 Å². The molecule has 0 aliphatic rings. The van der Waals surface area contributed by atoms with Crippen molar-refractivity contribution in [2.75, 3.05) is 0 Å². The molecule has 0 saturated heterocycles. The number of rotatable bonds is 6. The Hall–Kier alpha value is -2.05. The number of hydrogen-bond acceptors (Lipinski definition) is 3. The van der Waals surface area contributed by atoms with Crippen LogP contribution in [0.1, 0.15) is 18.4 Å². The van der Waals surface area contributed by atoms with E-state index in [1.54, 1.807) is 0 Å². The first-order valence-electron chi connectivity index (χ1n) is 5.91. The monoisotopic (exact) mass is 335 g/mol. The van der Waals surface area contributed by atoms with Crippen molar-refractivity contribution in [3.8, 4) is 12.3 Å². The van der Waals surface area contributed by atoms with Gasteiger partial charge in [-0.15, -0.1) is 12.3 Å². The zero-order chi connectivity index (χ0) is 17.0. The molecule has 0 aliphatic heterocycles. The largest absolute Gasteiger partial charge is 0.481 e. The zero-order valence-corrected chi connectivity index (χ0v) is 11.9. The van der Waals surface area contributed by atoms with E-state index in [0.29, 0.717) is 6.07 Å². The topological polar surface area (TPSA) is 83.5 Å². The molecular weight excluding hydrogens is 323 g/mol. The second-order valence-corrected chi connectivity index (χ2v) is 6.06. The Morgan fingerprint density at radius 3 is 2.55 bits per heavy atom. The van der Waals surface area contributed by atoms with Crippen molar-refractivity contribution >= 4 is 16.0 Å². The highest BCUT2D eigenvalue weighted by Crippen LogP contribution is 2.30. The smallest absolute Gasteiger partial charge is 0.416 e. The molecule has 0 spiro atoms. The standard InChI is InChI=1S/C13H12F3NO4S/c1-2-4-10(8-12(18)19)17-22(20,21)11-6-3-5-9(7-11)13(14,15)16/h1,3,5-7,10,17H,4,8H2,(H,18,19)/t10-/m0/s1. The Morgan fingerprint density at radius 1 is 1.41 bits per heavy atom. The highest BCUT2D eigenvalue weighted by molar-refractivity contribution is 7.89. The van der Waals surface area contributed by atoms with Gasteiger partial charge in [0.1, 0.15) is 0 Å². The molecule has 22 heavy (non-hydrogen) atoms. The minimum atomic E-state index is -4.69. The quantitative estimate of drug-likeness (QED) is 0.777. The van der Waals surface area contributed by atoms with Crippen LogP contribution in [-0.4, -0.2) is 25.5 Å². The van der Waals surface area contributed by atoms with Crippen LogP contribution in [0.25, 0.3) is 0 Å². The number of carboxylic acid groups (broad SMARTS) is 1. The van der Waals surface area contributed by atoms with Gasteiger partial charge in [0.05, 0.1) is 16.9 Å². The maximum atomic E-state index is 12.6. The molecule has 1 aromatic rings. The minimum absolute atomic E-state index is 0.204. The highest BCUT2D eigenvalue weighted by Gasteiger charge is 2.32. The maximum absolute atomic E-state index is 12.6. The van der Waals surface area contributed by atoms with E-state index in [1.165, 1.54) is 0 Å². The lowest BCUT2D eigenvalue weighted by molar-refractivity contribution is -0.138. The number of alkyl halides is 3. The fraction of sp³-hybridized carbons (Fsp3) is 0.308. The van der Waals surface area contributed by atoms with Crippen LogP contribution in [0, 0.1) is 12.3 Å². The first-order chi connectivity index (χ1) is 10.1. The third kappa shape index (κ3) is 5.05. The molecule has 5 nitrogen and oxygen atoms in total. The van der Waals surface area contributed by atoms with Crippen LogP contribution in [-0.2, 0) is 21.0 Å². The van der Waals surface area contributed by atoms with Crippen molar-refractivity contribution < 1.29 is 31.5 Å². The van der Waals surface area contributed by atoms with Crippen LogP contribution in [0.3, 0.4) is 0 Å². The molecule has 1 atom stereocenters. The second kappa shape index (κ2) is 6.81. The number of benzene rings is 1. The molecule has 0 radical (unpaired) electrons. The van der Waals surface area contributed by atoms with E-state index in [9.17, 15) is 26.4 Å². The van der Waals surface area contributed by atoms with E-state index in [0.717, 1.165) is 18.2 Å². The molecule has 0 bridgehead atoms. The predicted octanol–water partition coefficient (Wildman–Crippen LogP) is 1.85. The van der Waals surface area contributed by atoms with Crippen molar-refractivity contribution in [1.82, 2.24) is 4.72 Å². The summed E-state index contributed by atoms with van der Waals surface area (Å²) in [4.78, 5) is 10.0. The molecule has 0 unspecified atom stereocenters. The lowest BCUT2D eigenvalue weighted by atomic mass is 10.2. The van der Waals surface area contributed by atoms with Gasteiger partial charge in [0.15, 0.2) is 0 Å². The summed E-state index contributed by atoms with van der Waals surface area (Å²) in [6, 6.07) is 2.02. The van der Waals surface area contributed by atoms with Gasteiger partial charge in [-0.05, 0) is 18.2 Å². The van der Waals surface area contributed by atoms with Gasteiger partial charge in [-0.3, -0.25) is 4.79 Å². The van der Waals surface area contributed by atoms with Gasteiger partial charge in [-0.25, -0.2) is 13.1 Å². The number of carbonyl (C=O) groups is 1. The average Bonchev–Trinajstić information content (AvgIpc) is 2.37. The van der Waals surface area contributed by atoms with Gasteiger partial charge in [0, 0.05) is 12.5 Å². The van der Waals surface area contributed by atoms with Crippen molar-refractivity contribution in [3.05, 3.63) is 29.8 Å². The van der Waals surface area contributed by atoms with E-state index < -0.39 is 45.1 Å². The van der Waals surface area contributed by atoms with Crippen molar-refractivity contribution in [3.63, 3.8) is 0 Å². The Balaban J connectivity index is 3.08. The summed E-state index contributed by atoms with van der Waals surface area (Å²) < 4.78 is 63.9. The Kier molecular flexibility index (Phi) is 5.57. The SMILES string of the molecule is C#CC[C@@H](CC(=O)O)NS(=O)(=O)c1cccc(C(F)(F)F)c1. The molecule has 1 aromatic carbocycles. The highest BCUT2D eigenvalue weighted by atomic mass is 32.2. The number of hydrogen-bond donors (Lipinski definition) is 2. The van der Waals surface area contributed by atoms with Crippen LogP contribution < -0.4 is 4.72 Å². The van der Waals surface area contributed by atoms with Crippen molar-refractivity contribution in [2.45, 2.75) is 30.0 Å². The fourth-order valence-corrected chi connectivity index (χ4v) is 2.92. The van der Waals surface area contributed by atoms with Crippen molar-refractivity contribution in [2.24, 2.45) is 0 Å². The second-order valence-electron chi connectivity index (χ2n) is 4.35. The summed E-state index contributed by atoms with van der Waals surface area (Å²) >= 11 is 0. The maximum Gasteiger partial charge on any atom is 0.416 e. The van der Waals surface area contributed by atoms with Crippen molar-refractivity contribution in [1.29, 1.82) is 0 Å². The normalized spacial score (nSPS) is 13.4. The number of carboxylic acids is 1. The summed E-state index contributed by atoms with van der Waals surface area (Å²) in [5.74, 6) is 0.827. The third-order valence-corrected chi connectivity index (χ3v) is 4.10.